The second kappa shape index (κ2) is 4.07. The molecule has 0 aliphatic carbocycles. The summed E-state index contributed by atoms with van der Waals surface area (Å²) in [6, 6.07) is 10.1. The lowest BCUT2D eigenvalue weighted by molar-refractivity contribution is 0.424. The molecule has 86 valence electrons. The summed E-state index contributed by atoms with van der Waals surface area (Å²) in [5.41, 5.74) is 8.52. The molecule has 0 saturated carbocycles. The minimum absolute atomic E-state index is 0.583. The summed E-state index contributed by atoms with van der Waals surface area (Å²) >= 11 is 0. The van der Waals surface area contributed by atoms with Crippen LogP contribution in [0.4, 0.5) is 0 Å². The molecule has 3 aromatic rings. The highest BCUT2D eigenvalue weighted by molar-refractivity contribution is 5.94. The van der Waals surface area contributed by atoms with Gasteiger partial charge in [0.25, 0.3) is 0 Å². The van der Waals surface area contributed by atoms with E-state index >= 15 is 0 Å². The molecular weight excluding hydrogens is 214 g/mol. The molecule has 0 bridgehead atoms. The molecule has 0 saturated heterocycles. The summed E-state index contributed by atoms with van der Waals surface area (Å²) in [7, 11) is 0. The SMILES string of the molecule is NCCc1cc(-c2c[nH]c3ccccc23)on1. The van der Waals surface area contributed by atoms with E-state index in [2.05, 4.69) is 16.2 Å². The number of nitrogens with zero attached hydrogens (tertiary/aromatic N) is 1. The van der Waals surface area contributed by atoms with Gasteiger partial charge in [0, 0.05) is 35.2 Å². The van der Waals surface area contributed by atoms with Crippen LogP contribution in [-0.2, 0) is 6.42 Å². The number of hydrogen-bond donors (Lipinski definition) is 2. The van der Waals surface area contributed by atoms with Crippen molar-refractivity contribution in [2.24, 2.45) is 5.73 Å². The van der Waals surface area contributed by atoms with Gasteiger partial charge in [-0.15, -0.1) is 0 Å². The monoisotopic (exact) mass is 227 g/mol. The van der Waals surface area contributed by atoms with Gasteiger partial charge in [-0.05, 0) is 12.6 Å². The van der Waals surface area contributed by atoms with Gasteiger partial charge in [0.1, 0.15) is 0 Å². The predicted octanol–water partition coefficient (Wildman–Crippen LogP) is 2.32. The summed E-state index contributed by atoms with van der Waals surface area (Å²) in [5.74, 6) is 0.783. The molecule has 4 nitrogen and oxygen atoms in total. The van der Waals surface area contributed by atoms with Crippen LogP contribution in [0.2, 0.25) is 0 Å². The molecule has 4 heteroatoms. The fourth-order valence-electron chi connectivity index (χ4n) is 1.98. The number of benzene rings is 1. The lowest BCUT2D eigenvalue weighted by atomic mass is 10.1. The quantitative estimate of drug-likeness (QED) is 0.721. The van der Waals surface area contributed by atoms with Gasteiger partial charge in [-0.3, -0.25) is 0 Å². The molecule has 0 amide bonds. The number of fused-ring (bicyclic) bond motifs is 1. The van der Waals surface area contributed by atoms with Crippen LogP contribution in [0.1, 0.15) is 5.69 Å². The summed E-state index contributed by atoms with van der Waals surface area (Å²) in [6.45, 7) is 0.583. The van der Waals surface area contributed by atoms with Crippen LogP contribution in [0.3, 0.4) is 0 Å². The number of rotatable bonds is 3. The third kappa shape index (κ3) is 1.72. The third-order valence-corrected chi connectivity index (χ3v) is 2.81. The summed E-state index contributed by atoms with van der Waals surface area (Å²) in [5, 5.41) is 5.14. The van der Waals surface area contributed by atoms with Crippen LogP contribution in [0.15, 0.2) is 41.1 Å². The highest BCUT2D eigenvalue weighted by atomic mass is 16.5. The Kier molecular flexibility index (Phi) is 2.42. The van der Waals surface area contributed by atoms with Gasteiger partial charge in [0.2, 0.25) is 0 Å². The molecule has 2 heterocycles. The third-order valence-electron chi connectivity index (χ3n) is 2.81. The lowest BCUT2D eigenvalue weighted by Crippen LogP contribution is -2.02. The maximum atomic E-state index is 5.49. The van der Waals surface area contributed by atoms with Crippen LogP contribution >= 0.6 is 0 Å². The number of H-pyrrole nitrogens is 1. The molecule has 0 unspecified atom stereocenters. The van der Waals surface area contributed by atoms with E-state index in [9.17, 15) is 0 Å². The first kappa shape index (κ1) is 10.1. The zero-order valence-corrected chi connectivity index (χ0v) is 9.31. The number of aromatic amines is 1. The Morgan fingerprint density at radius 1 is 1.29 bits per heavy atom. The topological polar surface area (TPSA) is 67.8 Å². The van der Waals surface area contributed by atoms with Gasteiger partial charge in [0.05, 0.1) is 5.69 Å². The minimum atomic E-state index is 0.583. The zero-order valence-electron chi connectivity index (χ0n) is 9.31. The Bertz CT molecular complexity index is 639. The average Bonchev–Trinajstić information content (AvgIpc) is 2.95. The van der Waals surface area contributed by atoms with Crippen LogP contribution < -0.4 is 5.73 Å². The van der Waals surface area contributed by atoms with E-state index < -0.39 is 0 Å². The Labute approximate surface area is 98.4 Å². The van der Waals surface area contributed by atoms with Crippen molar-refractivity contribution in [3.05, 3.63) is 42.2 Å². The highest BCUT2D eigenvalue weighted by Crippen LogP contribution is 2.28. The number of aromatic nitrogens is 2. The molecule has 17 heavy (non-hydrogen) atoms. The molecule has 2 aromatic heterocycles. The smallest absolute Gasteiger partial charge is 0.169 e. The number of hydrogen-bond acceptors (Lipinski definition) is 3. The van der Waals surface area contributed by atoms with Crippen LogP contribution in [0.5, 0.6) is 0 Å². The number of nitrogens with one attached hydrogen (secondary N) is 1. The van der Waals surface area contributed by atoms with Gasteiger partial charge in [-0.2, -0.15) is 0 Å². The lowest BCUT2D eigenvalue weighted by Gasteiger charge is -1.91. The van der Waals surface area contributed by atoms with E-state index in [0.717, 1.165) is 34.3 Å². The zero-order chi connectivity index (χ0) is 11.7. The van der Waals surface area contributed by atoms with E-state index in [4.69, 9.17) is 10.3 Å². The largest absolute Gasteiger partial charge is 0.360 e. The Hall–Kier alpha value is -2.07. The Morgan fingerprint density at radius 3 is 3.06 bits per heavy atom. The van der Waals surface area contributed by atoms with Crippen molar-refractivity contribution in [2.45, 2.75) is 6.42 Å². The Balaban J connectivity index is 2.07. The summed E-state index contributed by atoms with van der Waals surface area (Å²) < 4.78 is 5.34. The molecule has 0 atom stereocenters. The summed E-state index contributed by atoms with van der Waals surface area (Å²) in [4.78, 5) is 3.22. The van der Waals surface area contributed by atoms with Crippen molar-refractivity contribution in [1.82, 2.24) is 10.1 Å². The summed E-state index contributed by atoms with van der Waals surface area (Å²) in [6.07, 6.45) is 2.68. The number of para-hydroxylation sites is 1. The first-order chi connectivity index (χ1) is 8.38. The normalized spacial score (nSPS) is 11.1. The van der Waals surface area contributed by atoms with Gasteiger partial charge in [-0.25, -0.2) is 0 Å². The molecular formula is C13H13N3O. The predicted molar refractivity (Wildman–Crippen MR) is 66.6 cm³/mol. The van der Waals surface area contributed by atoms with Crippen molar-refractivity contribution in [1.29, 1.82) is 0 Å². The van der Waals surface area contributed by atoms with E-state index in [-0.39, 0.29) is 0 Å². The van der Waals surface area contributed by atoms with Crippen molar-refractivity contribution in [3.63, 3.8) is 0 Å². The van der Waals surface area contributed by atoms with E-state index in [1.807, 2.05) is 30.5 Å². The number of nitrogens with two attached hydrogens (primary N) is 1. The highest BCUT2D eigenvalue weighted by Gasteiger charge is 2.10. The fourth-order valence-corrected chi connectivity index (χ4v) is 1.98. The van der Waals surface area contributed by atoms with Crippen molar-refractivity contribution in [3.8, 4) is 11.3 Å². The average molecular weight is 227 g/mol. The molecule has 3 rings (SSSR count). The van der Waals surface area contributed by atoms with Crippen molar-refractivity contribution >= 4 is 10.9 Å². The van der Waals surface area contributed by atoms with Crippen LogP contribution in [0, 0.1) is 0 Å². The second-order valence-corrected chi connectivity index (χ2v) is 3.97. The van der Waals surface area contributed by atoms with E-state index in [0.29, 0.717) is 6.54 Å². The van der Waals surface area contributed by atoms with Gasteiger partial charge < -0.3 is 15.2 Å². The van der Waals surface area contributed by atoms with Crippen molar-refractivity contribution < 1.29 is 4.52 Å². The fraction of sp³-hybridized carbons (Fsp3) is 0.154. The minimum Gasteiger partial charge on any atom is -0.360 e. The standard InChI is InChI=1S/C13H13N3O/c14-6-5-9-7-13(17-16-9)11-8-15-12-4-2-1-3-10(11)12/h1-4,7-8,15H,5-6,14H2. The van der Waals surface area contributed by atoms with Crippen molar-refractivity contribution in [2.75, 3.05) is 6.54 Å². The molecule has 0 radical (unpaired) electrons. The van der Waals surface area contributed by atoms with E-state index in [1.54, 1.807) is 0 Å². The first-order valence-electron chi connectivity index (χ1n) is 5.60. The maximum Gasteiger partial charge on any atom is 0.169 e. The maximum absolute atomic E-state index is 5.49. The molecule has 1 aromatic carbocycles. The van der Waals surface area contributed by atoms with Gasteiger partial charge in [0.15, 0.2) is 5.76 Å². The van der Waals surface area contributed by atoms with Gasteiger partial charge >= 0.3 is 0 Å². The Morgan fingerprint density at radius 2 is 2.18 bits per heavy atom. The molecule has 0 aliphatic heterocycles. The van der Waals surface area contributed by atoms with E-state index in [1.165, 1.54) is 0 Å². The van der Waals surface area contributed by atoms with Crippen LogP contribution in [-0.4, -0.2) is 16.7 Å². The molecule has 0 fully saturated rings. The first-order valence-corrected chi connectivity index (χ1v) is 5.60. The van der Waals surface area contributed by atoms with Crippen LogP contribution in [0.25, 0.3) is 22.2 Å². The molecule has 3 N–H and O–H groups in total. The second-order valence-electron chi connectivity index (χ2n) is 3.97. The molecule has 0 aliphatic rings. The molecule has 0 spiro atoms. The van der Waals surface area contributed by atoms with Gasteiger partial charge in [-0.1, -0.05) is 23.4 Å².